The van der Waals surface area contributed by atoms with E-state index in [1.165, 1.54) is 6.92 Å². The van der Waals surface area contributed by atoms with Gasteiger partial charge in [0.15, 0.2) is 0 Å². The zero-order valence-electron chi connectivity index (χ0n) is 10.7. The maximum Gasteiger partial charge on any atom is 0.233 e. The van der Waals surface area contributed by atoms with Crippen LogP contribution in [0.15, 0.2) is 30.3 Å². The Labute approximate surface area is 107 Å². The van der Waals surface area contributed by atoms with Crippen LogP contribution >= 0.6 is 0 Å². The monoisotopic (exact) mass is 246 g/mol. The molecule has 2 N–H and O–H groups in total. The lowest BCUT2D eigenvalue weighted by Crippen LogP contribution is -2.30. The fourth-order valence-electron chi connectivity index (χ4n) is 1.66. The van der Waals surface area contributed by atoms with E-state index in [0.29, 0.717) is 17.8 Å². The van der Waals surface area contributed by atoms with E-state index >= 15 is 0 Å². The predicted molar refractivity (Wildman–Crippen MR) is 71.9 cm³/mol. The Balaban J connectivity index is 2.76. The number of nitrogens with one attached hydrogen (secondary N) is 2. The van der Waals surface area contributed by atoms with Gasteiger partial charge in [0.2, 0.25) is 5.91 Å². The zero-order valence-corrected chi connectivity index (χ0v) is 10.7. The molecule has 0 saturated heterocycles. The highest BCUT2D eigenvalue weighted by Crippen LogP contribution is 2.13. The second kappa shape index (κ2) is 6.69. The van der Waals surface area contributed by atoms with Gasteiger partial charge in [0.1, 0.15) is 5.78 Å². The second-order valence-electron chi connectivity index (χ2n) is 4.19. The van der Waals surface area contributed by atoms with Crippen LogP contribution in [0, 0.1) is 11.3 Å². The Bertz CT molecular complexity index is 440. The van der Waals surface area contributed by atoms with Gasteiger partial charge in [-0.3, -0.25) is 9.59 Å². The van der Waals surface area contributed by atoms with Crippen LogP contribution < -0.4 is 5.32 Å². The molecule has 18 heavy (non-hydrogen) atoms. The van der Waals surface area contributed by atoms with Crippen LogP contribution in [0.25, 0.3) is 0 Å². The molecule has 1 aromatic rings. The van der Waals surface area contributed by atoms with Gasteiger partial charge in [0.25, 0.3) is 0 Å². The number of ketones is 1. The lowest BCUT2D eigenvalue weighted by Gasteiger charge is -2.15. The number of carbonyl (C=O) groups is 2. The van der Waals surface area contributed by atoms with Gasteiger partial charge in [-0.25, -0.2) is 0 Å². The van der Waals surface area contributed by atoms with Crippen LogP contribution in [0.3, 0.4) is 0 Å². The first-order valence-corrected chi connectivity index (χ1v) is 5.97. The van der Waals surface area contributed by atoms with E-state index in [1.807, 2.05) is 25.1 Å². The topological polar surface area (TPSA) is 70.0 Å². The third-order valence-electron chi connectivity index (χ3n) is 2.65. The summed E-state index contributed by atoms with van der Waals surface area (Å²) in [5, 5.41) is 10.5. The largest absolute Gasteiger partial charge is 0.326 e. The van der Waals surface area contributed by atoms with Gasteiger partial charge in [0, 0.05) is 17.8 Å². The summed E-state index contributed by atoms with van der Waals surface area (Å²) in [5.41, 5.74) is 0.971. The molecule has 4 nitrogen and oxygen atoms in total. The highest BCUT2D eigenvalue weighted by molar-refractivity contribution is 6.10. The molecule has 0 aliphatic heterocycles. The summed E-state index contributed by atoms with van der Waals surface area (Å²) in [6.07, 6.45) is 0.561. The van der Waals surface area contributed by atoms with Crippen molar-refractivity contribution in [3.63, 3.8) is 0 Å². The minimum absolute atomic E-state index is 0.0820. The van der Waals surface area contributed by atoms with Gasteiger partial charge in [-0.15, -0.1) is 0 Å². The Hall–Kier alpha value is -1.97. The van der Waals surface area contributed by atoms with E-state index < -0.39 is 5.92 Å². The minimum atomic E-state index is -0.660. The number of carbonyl (C=O) groups excluding carboxylic acids is 2. The molecule has 4 heteroatoms. The third kappa shape index (κ3) is 4.13. The van der Waals surface area contributed by atoms with Gasteiger partial charge in [-0.05, 0) is 25.5 Å². The molecule has 0 heterocycles. The van der Waals surface area contributed by atoms with E-state index in [9.17, 15) is 9.59 Å². The molecule has 0 fully saturated rings. The molecule has 1 atom stereocenters. The highest BCUT2D eigenvalue weighted by Gasteiger charge is 2.23. The molecule has 1 rings (SSSR count). The number of anilines is 1. The van der Waals surface area contributed by atoms with Crippen molar-refractivity contribution in [1.82, 2.24) is 0 Å². The summed E-state index contributed by atoms with van der Waals surface area (Å²) in [5.74, 6) is -1.03. The molecule has 0 aliphatic rings. The van der Waals surface area contributed by atoms with E-state index in [4.69, 9.17) is 5.41 Å². The zero-order chi connectivity index (χ0) is 13.5. The first-order valence-electron chi connectivity index (χ1n) is 5.97. The summed E-state index contributed by atoms with van der Waals surface area (Å²) < 4.78 is 0. The molecule has 0 radical (unpaired) electrons. The molecule has 0 aromatic heterocycles. The summed E-state index contributed by atoms with van der Waals surface area (Å²) >= 11 is 0. The van der Waals surface area contributed by atoms with Crippen LogP contribution in [0.2, 0.25) is 0 Å². The Kier molecular flexibility index (Phi) is 5.24. The number of Topliss-reactive ketones (excluding diaryl/α,β-unsaturated/α-hetero) is 1. The molecule has 1 aromatic carbocycles. The second-order valence-corrected chi connectivity index (χ2v) is 4.19. The summed E-state index contributed by atoms with van der Waals surface area (Å²) in [6.45, 7) is 3.25. The average Bonchev–Trinajstić information content (AvgIpc) is 2.36. The molecule has 0 saturated carbocycles. The molecule has 96 valence electrons. The number of benzene rings is 1. The maximum atomic E-state index is 12.0. The van der Waals surface area contributed by atoms with Gasteiger partial charge in [-0.1, -0.05) is 25.1 Å². The Morgan fingerprint density at radius 3 is 2.39 bits per heavy atom. The van der Waals surface area contributed by atoms with Crippen molar-refractivity contribution < 1.29 is 9.59 Å². The normalized spacial score (nSPS) is 11.7. The molecule has 0 bridgehead atoms. The maximum absolute atomic E-state index is 12.0. The van der Waals surface area contributed by atoms with Gasteiger partial charge < -0.3 is 10.7 Å². The molecule has 1 amide bonds. The van der Waals surface area contributed by atoms with Gasteiger partial charge >= 0.3 is 0 Å². The number of rotatable bonds is 6. The van der Waals surface area contributed by atoms with Crippen molar-refractivity contribution in [2.75, 3.05) is 5.32 Å². The van der Waals surface area contributed by atoms with Crippen molar-refractivity contribution in [3.8, 4) is 0 Å². The molecule has 0 spiro atoms. The molecule has 1 unspecified atom stereocenters. The van der Waals surface area contributed by atoms with Crippen molar-refractivity contribution in [2.45, 2.75) is 26.7 Å². The van der Waals surface area contributed by atoms with Crippen LogP contribution in [-0.2, 0) is 9.59 Å². The lowest BCUT2D eigenvalue weighted by molar-refractivity contribution is -0.123. The Morgan fingerprint density at radius 2 is 1.89 bits per heavy atom. The minimum Gasteiger partial charge on any atom is -0.326 e. The molecular formula is C14H18N2O2. The highest BCUT2D eigenvalue weighted by atomic mass is 16.2. The van der Waals surface area contributed by atoms with Gasteiger partial charge in [-0.2, -0.15) is 0 Å². The van der Waals surface area contributed by atoms with Crippen molar-refractivity contribution in [3.05, 3.63) is 30.3 Å². The van der Waals surface area contributed by atoms with E-state index in [1.54, 1.807) is 12.1 Å². The van der Waals surface area contributed by atoms with Crippen LogP contribution in [0.4, 0.5) is 5.69 Å². The van der Waals surface area contributed by atoms with Gasteiger partial charge in [0.05, 0.1) is 5.92 Å². The van der Waals surface area contributed by atoms with Crippen LogP contribution in [0.5, 0.6) is 0 Å². The average molecular weight is 246 g/mol. The summed E-state index contributed by atoms with van der Waals surface area (Å²) in [6, 6.07) is 9.05. The number of amides is 1. The third-order valence-corrected chi connectivity index (χ3v) is 2.65. The summed E-state index contributed by atoms with van der Waals surface area (Å²) in [4.78, 5) is 23.2. The van der Waals surface area contributed by atoms with E-state index in [2.05, 4.69) is 5.32 Å². The number of para-hydroxylation sites is 1. The van der Waals surface area contributed by atoms with E-state index in [0.717, 1.165) is 0 Å². The number of hydrogen-bond acceptors (Lipinski definition) is 3. The first-order chi connectivity index (χ1) is 8.54. The van der Waals surface area contributed by atoms with Crippen LogP contribution in [0.1, 0.15) is 26.7 Å². The standard InChI is InChI=1S/C14H18N2O2/c1-3-13(15)12(9-10(2)17)14(18)16-11-7-5-4-6-8-11/h4-8,12,15H,3,9H2,1-2H3,(H,16,18). The first kappa shape index (κ1) is 14.1. The summed E-state index contributed by atoms with van der Waals surface area (Å²) in [7, 11) is 0. The van der Waals surface area contributed by atoms with Crippen molar-refractivity contribution >= 4 is 23.1 Å². The fourth-order valence-corrected chi connectivity index (χ4v) is 1.66. The number of hydrogen-bond donors (Lipinski definition) is 2. The molecular weight excluding hydrogens is 228 g/mol. The lowest BCUT2D eigenvalue weighted by atomic mass is 9.94. The smallest absolute Gasteiger partial charge is 0.233 e. The molecule has 0 aliphatic carbocycles. The Morgan fingerprint density at radius 1 is 1.28 bits per heavy atom. The quantitative estimate of drug-likeness (QED) is 0.757. The van der Waals surface area contributed by atoms with Crippen LogP contribution in [-0.4, -0.2) is 17.4 Å². The van der Waals surface area contributed by atoms with Crippen molar-refractivity contribution in [1.29, 1.82) is 5.41 Å². The van der Waals surface area contributed by atoms with Crippen molar-refractivity contribution in [2.24, 2.45) is 5.92 Å². The predicted octanol–water partition coefficient (Wildman–Crippen LogP) is 2.65. The van der Waals surface area contributed by atoms with E-state index in [-0.39, 0.29) is 18.1 Å². The SMILES string of the molecule is CCC(=N)C(CC(C)=O)C(=O)Nc1ccccc1. The fraction of sp³-hybridized carbons (Fsp3) is 0.357.